The Morgan fingerprint density at radius 1 is 1.33 bits per heavy atom. The van der Waals surface area contributed by atoms with Gasteiger partial charge in [0.15, 0.2) is 5.82 Å². The Hall–Kier alpha value is -1.84. The predicted octanol–water partition coefficient (Wildman–Crippen LogP) is 1.89. The molecule has 0 radical (unpaired) electrons. The molecule has 0 aliphatic heterocycles. The fourth-order valence-corrected chi connectivity index (χ4v) is 1.45. The molecule has 0 saturated carbocycles. The molecule has 78 valence electrons. The van der Waals surface area contributed by atoms with E-state index in [4.69, 9.17) is 0 Å². The van der Waals surface area contributed by atoms with E-state index >= 15 is 0 Å². The normalized spacial score (nSPS) is 10.9. The van der Waals surface area contributed by atoms with Crippen LogP contribution >= 0.6 is 0 Å². The smallest absolute Gasteiger partial charge is 0.289 e. The Kier molecular flexibility index (Phi) is 2.41. The first kappa shape index (κ1) is 9.71. The summed E-state index contributed by atoms with van der Waals surface area (Å²) in [5.74, 6) is 1.05. The molecule has 1 aromatic heterocycles. The van der Waals surface area contributed by atoms with Crippen molar-refractivity contribution in [1.29, 1.82) is 0 Å². The lowest BCUT2D eigenvalue weighted by atomic mass is 10.0. The van der Waals surface area contributed by atoms with Crippen molar-refractivity contribution < 1.29 is 0 Å². The Balaban J connectivity index is 2.45. The lowest BCUT2D eigenvalue weighted by Crippen LogP contribution is -2.00. The number of benzene rings is 1. The van der Waals surface area contributed by atoms with Gasteiger partial charge in [0, 0.05) is 5.56 Å². The van der Waals surface area contributed by atoms with Gasteiger partial charge in [0.05, 0.1) is 0 Å². The largest absolute Gasteiger partial charge is 0.340 e. The predicted molar refractivity (Wildman–Crippen MR) is 58.7 cm³/mol. The summed E-state index contributed by atoms with van der Waals surface area (Å²) in [5, 5.41) is 6.25. The number of nitrogens with zero attached hydrogens (tertiary/aromatic N) is 1. The van der Waals surface area contributed by atoms with Crippen LogP contribution in [0.1, 0.15) is 25.3 Å². The quantitative estimate of drug-likeness (QED) is 0.782. The van der Waals surface area contributed by atoms with Crippen molar-refractivity contribution in [3.8, 4) is 11.4 Å². The van der Waals surface area contributed by atoms with Crippen LogP contribution in [0.3, 0.4) is 0 Å². The number of hydrogen-bond acceptors (Lipinski definition) is 2. The molecule has 0 amide bonds. The first-order valence-corrected chi connectivity index (χ1v) is 4.92. The summed E-state index contributed by atoms with van der Waals surface area (Å²) < 4.78 is 0. The molecule has 4 nitrogen and oxygen atoms in total. The number of nitrogens with one attached hydrogen (secondary N) is 2. The van der Waals surface area contributed by atoms with E-state index in [1.54, 1.807) is 0 Å². The van der Waals surface area contributed by atoms with Gasteiger partial charge in [0.2, 0.25) is 0 Å². The summed E-state index contributed by atoms with van der Waals surface area (Å²) in [5.41, 5.74) is 1.89. The second-order valence-electron chi connectivity index (χ2n) is 3.81. The maximum absolute atomic E-state index is 10.9. The number of aromatic nitrogens is 3. The summed E-state index contributed by atoms with van der Waals surface area (Å²) in [6.07, 6.45) is 0. The maximum atomic E-state index is 10.9. The third kappa shape index (κ3) is 1.98. The van der Waals surface area contributed by atoms with Gasteiger partial charge in [-0.25, -0.2) is 9.89 Å². The second-order valence-corrected chi connectivity index (χ2v) is 3.81. The molecule has 2 N–H and O–H groups in total. The monoisotopic (exact) mass is 203 g/mol. The number of H-pyrrole nitrogens is 2. The molecule has 0 unspecified atom stereocenters. The van der Waals surface area contributed by atoms with Crippen molar-refractivity contribution in [3.63, 3.8) is 0 Å². The van der Waals surface area contributed by atoms with Crippen LogP contribution in [0.5, 0.6) is 0 Å². The van der Waals surface area contributed by atoms with E-state index in [0.29, 0.717) is 11.7 Å². The highest BCUT2D eigenvalue weighted by atomic mass is 16.1. The lowest BCUT2D eigenvalue weighted by Gasteiger charge is -2.05. The van der Waals surface area contributed by atoms with Crippen LogP contribution in [0.2, 0.25) is 0 Å². The van der Waals surface area contributed by atoms with Crippen molar-refractivity contribution in [2.45, 2.75) is 19.8 Å². The molecule has 2 rings (SSSR count). The van der Waals surface area contributed by atoms with Crippen LogP contribution in [0.4, 0.5) is 0 Å². The van der Waals surface area contributed by atoms with Gasteiger partial charge >= 0.3 is 5.69 Å². The summed E-state index contributed by atoms with van der Waals surface area (Å²) in [4.78, 5) is 13.5. The van der Waals surface area contributed by atoms with Crippen LogP contribution in [0.15, 0.2) is 29.1 Å². The summed E-state index contributed by atoms with van der Waals surface area (Å²) in [7, 11) is 0. The van der Waals surface area contributed by atoms with Gasteiger partial charge in [-0.05, 0) is 17.5 Å². The third-order valence-corrected chi connectivity index (χ3v) is 2.33. The Bertz CT molecular complexity index is 510. The van der Waals surface area contributed by atoms with E-state index in [0.717, 1.165) is 5.56 Å². The second kappa shape index (κ2) is 3.73. The minimum Gasteiger partial charge on any atom is -0.289 e. The van der Waals surface area contributed by atoms with Gasteiger partial charge < -0.3 is 0 Å². The molecule has 15 heavy (non-hydrogen) atoms. The molecule has 0 fully saturated rings. The first-order valence-electron chi connectivity index (χ1n) is 4.92. The average molecular weight is 203 g/mol. The van der Waals surface area contributed by atoms with Crippen molar-refractivity contribution in [1.82, 2.24) is 15.2 Å². The van der Waals surface area contributed by atoms with Crippen LogP contribution < -0.4 is 5.69 Å². The van der Waals surface area contributed by atoms with E-state index in [1.165, 1.54) is 5.56 Å². The van der Waals surface area contributed by atoms with Crippen LogP contribution in [-0.2, 0) is 0 Å². The van der Waals surface area contributed by atoms with E-state index < -0.39 is 0 Å². The lowest BCUT2D eigenvalue weighted by molar-refractivity contribution is 0.867. The SMILES string of the molecule is CC(C)c1cccc(-c2n[nH]c(=O)[nH]2)c1. The molecule has 0 spiro atoms. The fourth-order valence-electron chi connectivity index (χ4n) is 1.45. The molecule has 0 saturated heterocycles. The third-order valence-electron chi connectivity index (χ3n) is 2.33. The molecule has 0 aliphatic rings. The minimum absolute atomic E-state index is 0.278. The summed E-state index contributed by atoms with van der Waals surface area (Å²) >= 11 is 0. The van der Waals surface area contributed by atoms with E-state index in [1.807, 2.05) is 18.2 Å². The maximum Gasteiger partial charge on any atom is 0.340 e. The topological polar surface area (TPSA) is 61.5 Å². The molecule has 1 heterocycles. The highest BCUT2D eigenvalue weighted by Gasteiger charge is 2.04. The molecule has 0 atom stereocenters. The molecule has 0 bridgehead atoms. The molecule has 2 aromatic rings. The number of hydrogen-bond donors (Lipinski definition) is 2. The zero-order valence-electron chi connectivity index (χ0n) is 8.74. The Labute approximate surface area is 87.4 Å². The molecular weight excluding hydrogens is 190 g/mol. The number of aromatic amines is 2. The van der Waals surface area contributed by atoms with Crippen molar-refractivity contribution in [2.75, 3.05) is 0 Å². The fraction of sp³-hybridized carbons (Fsp3) is 0.273. The van der Waals surface area contributed by atoms with Gasteiger partial charge in [0.1, 0.15) is 0 Å². The van der Waals surface area contributed by atoms with Crippen LogP contribution in [0, 0.1) is 0 Å². The van der Waals surface area contributed by atoms with Gasteiger partial charge in [0.25, 0.3) is 0 Å². The molecule has 0 aliphatic carbocycles. The van der Waals surface area contributed by atoms with Gasteiger partial charge in [-0.1, -0.05) is 32.0 Å². The molecule has 1 aromatic carbocycles. The van der Waals surface area contributed by atoms with Crippen LogP contribution in [-0.4, -0.2) is 15.2 Å². The zero-order valence-corrected chi connectivity index (χ0v) is 8.74. The van der Waals surface area contributed by atoms with Crippen molar-refractivity contribution in [2.24, 2.45) is 0 Å². The Morgan fingerprint density at radius 2 is 2.13 bits per heavy atom. The minimum atomic E-state index is -0.278. The molecule has 4 heteroatoms. The standard InChI is InChI=1S/C11H13N3O/c1-7(2)8-4-3-5-9(6-8)10-12-11(15)14-13-10/h3-7H,1-2H3,(H2,12,13,14,15). The summed E-state index contributed by atoms with van der Waals surface area (Å²) in [6, 6.07) is 8.01. The average Bonchev–Trinajstić information content (AvgIpc) is 2.65. The van der Waals surface area contributed by atoms with Crippen LogP contribution in [0.25, 0.3) is 11.4 Å². The highest BCUT2D eigenvalue weighted by Crippen LogP contribution is 2.20. The van der Waals surface area contributed by atoms with E-state index in [9.17, 15) is 4.79 Å². The van der Waals surface area contributed by atoms with Crippen molar-refractivity contribution in [3.05, 3.63) is 40.3 Å². The van der Waals surface area contributed by atoms with Gasteiger partial charge in [-0.3, -0.25) is 4.98 Å². The van der Waals surface area contributed by atoms with E-state index in [-0.39, 0.29) is 5.69 Å². The van der Waals surface area contributed by atoms with Gasteiger partial charge in [-0.15, -0.1) is 0 Å². The van der Waals surface area contributed by atoms with Crippen molar-refractivity contribution >= 4 is 0 Å². The Morgan fingerprint density at radius 3 is 2.73 bits per heavy atom. The number of rotatable bonds is 2. The highest BCUT2D eigenvalue weighted by molar-refractivity contribution is 5.55. The zero-order chi connectivity index (χ0) is 10.8. The van der Waals surface area contributed by atoms with E-state index in [2.05, 4.69) is 35.1 Å². The van der Waals surface area contributed by atoms with Gasteiger partial charge in [-0.2, -0.15) is 5.10 Å². The first-order chi connectivity index (χ1) is 7.16. The summed E-state index contributed by atoms with van der Waals surface area (Å²) in [6.45, 7) is 4.26. The molecular formula is C11H13N3O.